The molecule has 6 heteroatoms. The Labute approximate surface area is 163 Å². The second-order valence-electron chi connectivity index (χ2n) is 6.19. The molecule has 1 heterocycles. The highest BCUT2D eigenvalue weighted by Crippen LogP contribution is 2.16. The van der Waals surface area contributed by atoms with Crippen LogP contribution >= 0.6 is 11.8 Å². The van der Waals surface area contributed by atoms with Gasteiger partial charge in [-0.3, -0.25) is 4.79 Å². The molecule has 0 unspecified atom stereocenters. The number of carbonyl (C=O) groups is 1. The first kappa shape index (κ1) is 18.9. The van der Waals surface area contributed by atoms with Crippen molar-refractivity contribution in [3.63, 3.8) is 0 Å². The number of amides is 1. The molecule has 0 aliphatic rings. The number of nitrogens with zero attached hydrogens (tertiary/aromatic N) is 2. The molecule has 27 heavy (non-hydrogen) atoms. The van der Waals surface area contributed by atoms with E-state index in [4.69, 9.17) is 0 Å². The molecular weight excluding hydrogens is 356 g/mol. The minimum Gasteiger partial charge on any atom is -0.381 e. The van der Waals surface area contributed by atoms with Crippen LogP contribution in [0.1, 0.15) is 17.0 Å². The van der Waals surface area contributed by atoms with E-state index in [0.29, 0.717) is 5.16 Å². The molecule has 3 aromatic rings. The summed E-state index contributed by atoms with van der Waals surface area (Å²) in [6.45, 7) is 4.58. The Morgan fingerprint density at radius 1 is 0.926 bits per heavy atom. The Morgan fingerprint density at radius 2 is 1.59 bits per heavy atom. The number of carbonyl (C=O) groups excluding carboxylic acids is 1. The van der Waals surface area contributed by atoms with Crippen LogP contribution in [0.3, 0.4) is 0 Å². The maximum Gasteiger partial charge on any atom is 0.234 e. The number of anilines is 2. The summed E-state index contributed by atoms with van der Waals surface area (Å²) < 4.78 is 0. The number of aromatic nitrogens is 2. The third-order valence-corrected chi connectivity index (χ3v) is 4.65. The second kappa shape index (κ2) is 9.19. The largest absolute Gasteiger partial charge is 0.381 e. The Kier molecular flexibility index (Phi) is 6.44. The van der Waals surface area contributed by atoms with E-state index in [2.05, 4.69) is 20.6 Å². The zero-order valence-electron chi connectivity index (χ0n) is 15.4. The van der Waals surface area contributed by atoms with Gasteiger partial charge in [0.2, 0.25) is 5.91 Å². The number of benzene rings is 2. The average molecular weight is 379 g/mol. The van der Waals surface area contributed by atoms with Crippen molar-refractivity contribution in [1.82, 2.24) is 9.97 Å². The van der Waals surface area contributed by atoms with Crippen molar-refractivity contribution in [3.05, 3.63) is 77.6 Å². The molecule has 0 spiro atoms. The van der Waals surface area contributed by atoms with Gasteiger partial charge in [0.05, 0.1) is 5.75 Å². The van der Waals surface area contributed by atoms with Gasteiger partial charge in [-0.05, 0) is 49.7 Å². The summed E-state index contributed by atoms with van der Waals surface area (Å²) in [5, 5.41) is 6.90. The maximum atomic E-state index is 12.2. The lowest BCUT2D eigenvalue weighted by molar-refractivity contribution is -0.113. The number of hydrogen-bond acceptors (Lipinski definition) is 5. The summed E-state index contributed by atoms with van der Waals surface area (Å²) in [5.74, 6) is 0.207. The first-order chi connectivity index (χ1) is 13.1. The molecule has 0 atom stereocenters. The lowest BCUT2D eigenvalue weighted by atomic mass is 10.2. The smallest absolute Gasteiger partial charge is 0.234 e. The van der Waals surface area contributed by atoms with E-state index in [-0.39, 0.29) is 11.7 Å². The molecular formula is C21H22N4OS. The normalized spacial score (nSPS) is 10.4. The average Bonchev–Trinajstić information content (AvgIpc) is 2.66. The van der Waals surface area contributed by atoms with E-state index in [9.17, 15) is 4.79 Å². The quantitative estimate of drug-likeness (QED) is 0.470. The molecule has 0 bridgehead atoms. The van der Waals surface area contributed by atoms with E-state index >= 15 is 0 Å². The zero-order valence-corrected chi connectivity index (χ0v) is 16.2. The van der Waals surface area contributed by atoms with Gasteiger partial charge in [0.1, 0.15) is 0 Å². The van der Waals surface area contributed by atoms with Crippen LogP contribution in [0, 0.1) is 13.8 Å². The standard InChI is InChI=1S/C21H22N4OS/c1-15-12-16(2)24-21(23-15)27-14-20(26)25-19-10-8-17(9-11-19)13-22-18-6-4-3-5-7-18/h3-12,22H,13-14H2,1-2H3,(H,25,26). The Morgan fingerprint density at radius 3 is 2.26 bits per heavy atom. The molecule has 3 rings (SSSR count). The van der Waals surface area contributed by atoms with Crippen LogP contribution in [0.2, 0.25) is 0 Å². The number of rotatable bonds is 7. The van der Waals surface area contributed by atoms with Crippen LogP contribution < -0.4 is 10.6 Å². The molecule has 0 aliphatic carbocycles. The first-order valence-electron chi connectivity index (χ1n) is 8.71. The Balaban J connectivity index is 1.48. The van der Waals surface area contributed by atoms with E-state index in [1.807, 2.05) is 74.5 Å². The lowest BCUT2D eigenvalue weighted by Gasteiger charge is -2.08. The van der Waals surface area contributed by atoms with E-state index < -0.39 is 0 Å². The van der Waals surface area contributed by atoms with Crippen molar-refractivity contribution in [2.45, 2.75) is 25.5 Å². The van der Waals surface area contributed by atoms with Gasteiger partial charge in [-0.25, -0.2) is 9.97 Å². The van der Waals surface area contributed by atoms with E-state index in [1.54, 1.807) is 0 Å². The van der Waals surface area contributed by atoms with Crippen molar-refractivity contribution < 1.29 is 4.79 Å². The zero-order chi connectivity index (χ0) is 19.1. The van der Waals surface area contributed by atoms with Crippen LogP contribution in [0.15, 0.2) is 65.8 Å². The number of aryl methyl sites for hydroxylation is 2. The van der Waals surface area contributed by atoms with Gasteiger partial charge in [-0.15, -0.1) is 0 Å². The topological polar surface area (TPSA) is 66.9 Å². The molecule has 2 N–H and O–H groups in total. The van der Waals surface area contributed by atoms with Crippen LogP contribution in [0.25, 0.3) is 0 Å². The molecule has 138 valence electrons. The minimum atomic E-state index is -0.0714. The van der Waals surface area contributed by atoms with E-state index in [0.717, 1.165) is 34.9 Å². The summed E-state index contributed by atoms with van der Waals surface area (Å²) in [6.07, 6.45) is 0. The molecule has 0 saturated heterocycles. The van der Waals surface area contributed by atoms with Crippen molar-refractivity contribution in [2.24, 2.45) is 0 Å². The molecule has 0 aliphatic heterocycles. The predicted octanol–water partition coefficient (Wildman–Crippen LogP) is 4.44. The van der Waals surface area contributed by atoms with Crippen LogP contribution in [-0.2, 0) is 11.3 Å². The lowest BCUT2D eigenvalue weighted by Crippen LogP contribution is -2.14. The number of thioether (sulfide) groups is 1. The van der Waals surface area contributed by atoms with Gasteiger partial charge in [-0.2, -0.15) is 0 Å². The molecule has 2 aromatic carbocycles. The van der Waals surface area contributed by atoms with Crippen molar-refractivity contribution >= 4 is 29.0 Å². The summed E-state index contributed by atoms with van der Waals surface area (Å²) in [4.78, 5) is 20.8. The van der Waals surface area contributed by atoms with Gasteiger partial charge in [0.15, 0.2) is 5.16 Å². The monoisotopic (exact) mass is 378 g/mol. The summed E-state index contributed by atoms with van der Waals surface area (Å²) in [5.41, 5.74) is 4.83. The first-order valence-corrected chi connectivity index (χ1v) is 9.70. The summed E-state index contributed by atoms with van der Waals surface area (Å²) in [7, 11) is 0. The number of nitrogens with one attached hydrogen (secondary N) is 2. The molecule has 0 radical (unpaired) electrons. The Bertz CT molecular complexity index is 878. The highest BCUT2D eigenvalue weighted by atomic mass is 32.2. The maximum absolute atomic E-state index is 12.2. The predicted molar refractivity (Wildman–Crippen MR) is 111 cm³/mol. The van der Waals surface area contributed by atoms with Crippen LogP contribution in [-0.4, -0.2) is 21.6 Å². The molecule has 5 nitrogen and oxygen atoms in total. The number of hydrogen-bond donors (Lipinski definition) is 2. The minimum absolute atomic E-state index is 0.0714. The van der Waals surface area contributed by atoms with Gasteiger partial charge in [0.25, 0.3) is 0 Å². The summed E-state index contributed by atoms with van der Waals surface area (Å²) in [6, 6.07) is 19.8. The molecule has 0 saturated carbocycles. The number of para-hydroxylation sites is 1. The third kappa shape index (κ3) is 6.11. The Hall–Kier alpha value is -2.86. The molecule has 0 fully saturated rings. The van der Waals surface area contributed by atoms with Crippen molar-refractivity contribution in [2.75, 3.05) is 16.4 Å². The van der Waals surface area contributed by atoms with Crippen LogP contribution in [0.4, 0.5) is 11.4 Å². The van der Waals surface area contributed by atoms with Crippen molar-refractivity contribution in [3.8, 4) is 0 Å². The van der Waals surface area contributed by atoms with Gasteiger partial charge >= 0.3 is 0 Å². The van der Waals surface area contributed by atoms with Crippen molar-refractivity contribution in [1.29, 1.82) is 0 Å². The highest BCUT2D eigenvalue weighted by Gasteiger charge is 2.07. The van der Waals surface area contributed by atoms with Gasteiger partial charge in [-0.1, -0.05) is 42.1 Å². The SMILES string of the molecule is Cc1cc(C)nc(SCC(=O)Nc2ccc(CNc3ccccc3)cc2)n1. The fourth-order valence-electron chi connectivity index (χ4n) is 2.55. The third-order valence-electron chi connectivity index (χ3n) is 3.80. The van der Waals surface area contributed by atoms with E-state index in [1.165, 1.54) is 11.8 Å². The summed E-state index contributed by atoms with van der Waals surface area (Å²) >= 11 is 1.34. The molecule has 1 amide bonds. The highest BCUT2D eigenvalue weighted by molar-refractivity contribution is 7.99. The second-order valence-corrected chi connectivity index (χ2v) is 7.13. The fraction of sp³-hybridized carbons (Fsp3) is 0.190. The van der Waals surface area contributed by atoms with Gasteiger partial charge in [0, 0.05) is 29.3 Å². The molecule has 1 aromatic heterocycles. The van der Waals surface area contributed by atoms with Crippen LogP contribution in [0.5, 0.6) is 0 Å². The van der Waals surface area contributed by atoms with Gasteiger partial charge < -0.3 is 10.6 Å². The fourth-order valence-corrected chi connectivity index (χ4v) is 3.30.